The zero-order valence-corrected chi connectivity index (χ0v) is 17.8. The number of Topliss-reactive ketones (excluding diaryl/α,β-unsaturated/α-hetero) is 1. The van der Waals surface area contributed by atoms with Crippen molar-refractivity contribution in [1.29, 1.82) is 0 Å². The van der Waals surface area contributed by atoms with E-state index >= 15 is 0 Å². The molecule has 6 heteroatoms. The van der Waals surface area contributed by atoms with Crippen molar-refractivity contribution in [1.82, 2.24) is 0 Å². The van der Waals surface area contributed by atoms with E-state index < -0.39 is 12.6 Å². The highest BCUT2D eigenvalue weighted by atomic mass is 16.5. The van der Waals surface area contributed by atoms with E-state index in [4.69, 9.17) is 4.74 Å². The molecule has 3 aromatic rings. The second-order valence-corrected chi connectivity index (χ2v) is 8.24. The number of benzene rings is 3. The average molecular weight is 439 g/mol. The van der Waals surface area contributed by atoms with E-state index in [0.29, 0.717) is 24.1 Å². The summed E-state index contributed by atoms with van der Waals surface area (Å²) in [6.07, 6.45) is 4.95. The molecule has 5 rings (SSSR count). The summed E-state index contributed by atoms with van der Waals surface area (Å²) in [5, 5.41) is 1.73. The summed E-state index contributed by atoms with van der Waals surface area (Å²) in [4.78, 5) is 52.2. The zero-order valence-electron chi connectivity index (χ0n) is 17.8. The molecule has 6 nitrogen and oxygen atoms in total. The Bertz CT molecular complexity index is 1290. The minimum Gasteiger partial charge on any atom is -0.454 e. The van der Waals surface area contributed by atoms with Crippen LogP contribution in [-0.4, -0.2) is 30.2 Å². The van der Waals surface area contributed by atoms with Crippen molar-refractivity contribution >= 4 is 40.0 Å². The topological polar surface area (TPSA) is 80.8 Å². The lowest BCUT2D eigenvalue weighted by Gasteiger charge is -2.15. The van der Waals surface area contributed by atoms with Gasteiger partial charge in [0.25, 0.3) is 0 Å². The van der Waals surface area contributed by atoms with Gasteiger partial charge in [0, 0.05) is 5.56 Å². The quantitative estimate of drug-likeness (QED) is 0.256. The minimum absolute atomic E-state index is 0.173. The van der Waals surface area contributed by atoms with Crippen LogP contribution in [0.25, 0.3) is 10.8 Å². The number of hydrogen-bond acceptors (Lipinski definition) is 5. The molecule has 0 saturated carbocycles. The first-order valence-electron chi connectivity index (χ1n) is 10.9. The number of amides is 2. The van der Waals surface area contributed by atoms with E-state index in [2.05, 4.69) is 0 Å². The average Bonchev–Trinajstić information content (AvgIpc) is 3.12. The third-order valence-electron chi connectivity index (χ3n) is 6.27. The van der Waals surface area contributed by atoms with Gasteiger partial charge in [0.1, 0.15) is 0 Å². The van der Waals surface area contributed by atoms with E-state index in [1.54, 1.807) is 24.3 Å². The Morgan fingerprint density at radius 1 is 0.848 bits per heavy atom. The van der Waals surface area contributed by atoms with Crippen LogP contribution in [0.5, 0.6) is 0 Å². The van der Waals surface area contributed by atoms with Crippen molar-refractivity contribution in [2.75, 3.05) is 11.5 Å². The molecule has 1 fully saturated rings. The van der Waals surface area contributed by atoms with Gasteiger partial charge in [-0.2, -0.15) is 0 Å². The number of ketones is 1. The fourth-order valence-electron chi connectivity index (χ4n) is 4.59. The molecule has 3 aromatic carbocycles. The van der Waals surface area contributed by atoms with Crippen LogP contribution in [0.2, 0.25) is 0 Å². The first-order valence-corrected chi connectivity index (χ1v) is 10.9. The number of ether oxygens (including phenoxy) is 1. The van der Waals surface area contributed by atoms with Gasteiger partial charge < -0.3 is 4.74 Å². The summed E-state index contributed by atoms with van der Waals surface area (Å²) in [6.45, 7) is -0.408. The predicted molar refractivity (Wildman–Crippen MR) is 123 cm³/mol. The van der Waals surface area contributed by atoms with E-state index in [1.807, 2.05) is 42.5 Å². The second-order valence-electron chi connectivity index (χ2n) is 8.24. The lowest BCUT2D eigenvalue weighted by atomic mass is 9.85. The van der Waals surface area contributed by atoms with Crippen molar-refractivity contribution < 1.29 is 23.9 Å². The maximum Gasteiger partial charge on any atom is 0.338 e. The summed E-state index contributed by atoms with van der Waals surface area (Å²) < 4.78 is 5.27. The van der Waals surface area contributed by atoms with Crippen LogP contribution < -0.4 is 4.90 Å². The normalized spacial score (nSPS) is 19.6. The molecule has 1 aliphatic carbocycles. The molecular formula is C27H21NO5. The van der Waals surface area contributed by atoms with Crippen LogP contribution in [0.1, 0.15) is 33.6 Å². The largest absolute Gasteiger partial charge is 0.454 e. The molecule has 1 aliphatic heterocycles. The van der Waals surface area contributed by atoms with Crippen LogP contribution >= 0.6 is 0 Å². The van der Waals surface area contributed by atoms with Crippen molar-refractivity contribution in [3.05, 3.63) is 90.0 Å². The number of imide groups is 1. The number of carbonyl (C=O) groups excluding carboxylic acids is 4. The summed E-state index contributed by atoms with van der Waals surface area (Å²) in [7, 11) is 0. The van der Waals surface area contributed by atoms with Gasteiger partial charge in [-0.1, -0.05) is 60.7 Å². The Kier molecular flexibility index (Phi) is 5.34. The highest BCUT2D eigenvalue weighted by Crippen LogP contribution is 2.37. The SMILES string of the molecule is O=C(OCC(=O)c1cccc2ccccc12)c1cccc(N2C(=O)C3CC=CCC3C2=O)c1. The van der Waals surface area contributed by atoms with Gasteiger partial charge in [-0.3, -0.25) is 19.3 Å². The summed E-state index contributed by atoms with van der Waals surface area (Å²) in [6, 6.07) is 19.1. The molecule has 0 spiro atoms. The van der Waals surface area contributed by atoms with E-state index in [0.717, 1.165) is 10.8 Å². The Hall–Kier alpha value is -4.06. The van der Waals surface area contributed by atoms with Gasteiger partial charge in [0.05, 0.1) is 23.1 Å². The lowest BCUT2D eigenvalue weighted by Crippen LogP contribution is -2.31. The highest BCUT2D eigenvalue weighted by Gasteiger charge is 2.47. The predicted octanol–water partition coefficient (Wildman–Crippen LogP) is 4.34. The van der Waals surface area contributed by atoms with Crippen LogP contribution in [0.15, 0.2) is 78.9 Å². The van der Waals surface area contributed by atoms with Crippen molar-refractivity contribution in [3.63, 3.8) is 0 Å². The molecular weight excluding hydrogens is 418 g/mol. The Balaban J connectivity index is 1.31. The molecule has 164 valence electrons. The first kappa shape index (κ1) is 20.8. The molecule has 1 saturated heterocycles. The van der Waals surface area contributed by atoms with Crippen molar-refractivity contribution in [3.8, 4) is 0 Å². The lowest BCUT2D eigenvalue weighted by molar-refractivity contribution is -0.122. The molecule has 33 heavy (non-hydrogen) atoms. The number of nitrogens with zero attached hydrogens (tertiary/aromatic N) is 1. The Labute approximate surface area is 190 Å². The molecule has 0 radical (unpaired) electrons. The fourth-order valence-corrected chi connectivity index (χ4v) is 4.59. The number of carbonyl (C=O) groups is 4. The molecule has 1 heterocycles. The molecule has 2 aliphatic rings. The number of rotatable bonds is 5. The maximum atomic E-state index is 12.8. The number of anilines is 1. The maximum absolute atomic E-state index is 12.8. The molecule has 0 N–H and O–H groups in total. The van der Waals surface area contributed by atoms with E-state index in [9.17, 15) is 19.2 Å². The van der Waals surface area contributed by atoms with Gasteiger partial charge in [0.15, 0.2) is 6.61 Å². The van der Waals surface area contributed by atoms with Gasteiger partial charge in [0.2, 0.25) is 17.6 Å². The Morgan fingerprint density at radius 2 is 1.52 bits per heavy atom. The first-order chi connectivity index (χ1) is 16.0. The van der Waals surface area contributed by atoms with E-state index in [-0.39, 0.29) is 35.0 Å². The molecule has 2 atom stereocenters. The molecule has 0 aromatic heterocycles. The minimum atomic E-state index is -0.691. The third kappa shape index (κ3) is 3.74. The van der Waals surface area contributed by atoms with Gasteiger partial charge >= 0.3 is 5.97 Å². The standard InChI is InChI=1S/C27H21NO5/c29-24(21-14-6-8-17-7-1-2-11-20(17)21)16-33-27(32)18-9-5-10-19(15-18)28-25(30)22-12-3-4-13-23(22)26(28)31/h1-11,14-15,22-23H,12-13,16H2. The van der Waals surface area contributed by atoms with Crippen LogP contribution in [-0.2, 0) is 14.3 Å². The van der Waals surface area contributed by atoms with E-state index in [1.165, 1.54) is 17.0 Å². The monoisotopic (exact) mass is 439 g/mol. The van der Waals surface area contributed by atoms with Crippen molar-refractivity contribution in [2.45, 2.75) is 12.8 Å². The van der Waals surface area contributed by atoms with Crippen LogP contribution in [0, 0.1) is 11.8 Å². The Morgan fingerprint density at radius 3 is 2.27 bits per heavy atom. The highest BCUT2D eigenvalue weighted by molar-refractivity contribution is 6.22. The summed E-state index contributed by atoms with van der Waals surface area (Å²) >= 11 is 0. The summed E-state index contributed by atoms with van der Waals surface area (Å²) in [5.41, 5.74) is 1.00. The number of fused-ring (bicyclic) bond motifs is 2. The van der Waals surface area contributed by atoms with Gasteiger partial charge in [-0.25, -0.2) is 4.79 Å². The molecule has 0 bridgehead atoms. The third-order valence-corrected chi connectivity index (χ3v) is 6.27. The van der Waals surface area contributed by atoms with Crippen molar-refractivity contribution in [2.24, 2.45) is 11.8 Å². The zero-order chi connectivity index (χ0) is 22.9. The molecule has 2 amide bonds. The van der Waals surface area contributed by atoms with Crippen LogP contribution in [0.4, 0.5) is 5.69 Å². The summed E-state index contributed by atoms with van der Waals surface area (Å²) in [5.74, 6) is -2.19. The van der Waals surface area contributed by atoms with Gasteiger partial charge in [-0.15, -0.1) is 0 Å². The molecule has 2 unspecified atom stereocenters. The number of hydrogen-bond donors (Lipinski definition) is 0. The fraction of sp³-hybridized carbons (Fsp3) is 0.185. The number of esters is 1. The smallest absolute Gasteiger partial charge is 0.338 e. The second kappa shape index (κ2) is 8.47. The van der Waals surface area contributed by atoms with Gasteiger partial charge in [-0.05, 0) is 41.8 Å². The van der Waals surface area contributed by atoms with Crippen LogP contribution in [0.3, 0.4) is 0 Å². The number of allylic oxidation sites excluding steroid dienone is 2.